The first kappa shape index (κ1) is 11.1. The third-order valence-electron chi connectivity index (χ3n) is 1.96. The van der Waals surface area contributed by atoms with Crippen LogP contribution in [0.2, 0.25) is 0 Å². The normalized spacial score (nSPS) is 10.7. The van der Waals surface area contributed by atoms with Crippen LogP contribution in [0.25, 0.3) is 0 Å². The molecule has 0 fully saturated rings. The Morgan fingerprint density at radius 3 is 3.07 bits per heavy atom. The van der Waals surface area contributed by atoms with Gasteiger partial charge in [-0.25, -0.2) is 0 Å². The largest absolute Gasteiger partial charge is 0.382 e. The van der Waals surface area contributed by atoms with E-state index in [1.165, 1.54) is 0 Å². The summed E-state index contributed by atoms with van der Waals surface area (Å²) in [5.74, 6) is 0. The molecular weight excluding hydrogens is 180 g/mol. The Balaban J connectivity index is 2.02. The molecular formula is C9H18N4O. The molecule has 5 nitrogen and oxygen atoms in total. The van der Waals surface area contributed by atoms with Gasteiger partial charge in [0.25, 0.3) is 0 Å². The maximum Gasteiger partial charge on any atom is 0.0738 e. The standard InChI is InChI=1S/C9H18N4O/c1-3-14-6-4-5-10-7-9-8-11-12-13(9)2/h8,10H,3-7H2,1-2H3. The Morgan fingerprint density at radius 1 is 1.57 bits per heavy atom. The second-order valence-corrected chi connectivity index (χ2v) is 3.08. The van der Waals surface area contributed by atoms with Crippen LogP contribution in [0.3, 0.4) is 0 Å². The molecule has 1 heterocycles. The highest BCUT2D eigenvalue weighted by molar-refractivity contribution is 4.91. The van der Waals surface area contributed by atoms with E-state index < -0.39 is 0 Å². The van der Waals surface area contributed by atoms with Crippen LogP contribution in [0.4, 0.5) is 0 Å². The smallest absolute Gasteiger partial charge is 0.0738 e. The minimum absolute atomic E-state index is 0.797. The Bertz CT molecular complexity index is 249. The average molecular weight is 198 g/mol. The van der Waals surface area contributed by atoms with Crippen molar-refractivity contribution in [1.82, 2.24) is 20.3 Å². The highest BCUT2D eigenvalue weighted by Crippen LogP contribution is 1.91. The Labute approximate surface area is 84.4 Å². The Kier molecular flexibility index (Phi) is 5.17. The van der Waals surface area contributed by atoms with E-state index in [9.17, 15) is 0 Å². The highest BCUT2D eigenvalue weighted by Gasteiger charge is 1.97. The molecule has 14 heavy (non-hydrogen) atoms. The number of nitrogens with zero attached hydrogens (tertiary/aromatic N) is 3. The maximum absolute atomic E-state index is 5.22. The van der Waals surface area contributed by atoms with Crippen LogP contribution in [-0.2, 0) is 18.3 Å². The van der Waals surface area contributed by atoms with E-state index in [-0.39, 0.29) is 0 Å². The lowest BCUT2D eigenvalue weighted by molar-refractivity contribution is 0.144. The Morgan fingerprint density at radius 2 is 2.43 bits per heavy atom. The molecule has 5 heteroatoms. The van der Waals surface area contributed by atoms with Crippen molar-refractivity contribution in [3.8, 4) is 0 Å². The first-order valence-corrected chi connectivity index (χ1v) is 4.96. The summed E-state index contributed by atoms with van der Waals surface area (Å²) in [7, 11) is 1.89. The second kappa shape index (κ2) is 6.50. The van der Waals surface area contributed by atoms with E-state index >= 15 is 0 Å². The van der Waals surface area contributed by atoms with Crippen molar-refractivity contribution >= 4 is 0 Å². The van der Waals surface area contributed by atoms with Gasteiger partial charge in [-0.05, 0) is 19.9 Å². The number of rotatable bonds is 7. The summed E-state index contributed by atoms with van der Waals surface area (Å²) in [6.45, 7) is 5.41. The van der Waals surface area contributed by atoms with Gasteiger partial charge in [-0.2, -0.15) is 0 Å². The predicted molar refractivity (Wildman–Crippen MR) is 53.8 cm³/mol. The molecule has 0 amide bonds. The van der Waals surface area contributed by atoms with Crippen molar-refractivity contribution in [2.45, 2.75) is 19.9 Å². The molecule has 0 bridgehead atoms. The van der Waals surface area contributed by atoms with E-state index in [0.717, 1.165) is 38.4 Å². The summed E-state index contributed by atoms with van der Waals surface area (Å²) in [5, 5.41) is 11.0. The van der Waals surface area contributed by atoms with Crippen molar-refractivity contribution in [2.75, 3.05) is 19.8 Å². The zero-order valence-electron chi connectivity index (χ0n) is 8.86. The van der Waals surface area contributed by atoms with E-state index in [4.69, 9.17) is 4.74 Å². The van der Waals surface area contributed by atoms with Gasteiger partial charge in [-0.15, -0.1) is 5.10 Å². The summed E-state index contributed by atoms with van der Waals surface area (Å²) in [4.78, 5) is 0. The van der Waals surface area contributed by atoms with Crippen molar-refractivity contribution in [3.63, 3.8) is 0 Å². The molecule has 1 rings (SSSR count). The molecule has 1 aromatic rings. The van der Waals surface area contributed by atoms with Crippen molar-refractivity contribution in [3.05, 3.63) is 11.9 Å². The zero-order chi connectivity index (χ0) is 10.2. The van der Waals surface area contributed by atoms with Crippen LogP contribution < -0.4 is 5.32 Å². The molecule has 0 unspecified atom stereocenters. The molecule has 0 atom stereocenters. The van der Waals surface area contributed by atoms with E-state index in [1.807, 2.05) is 14.0 Å². The summed E-state index contributed by atoms with van der Waals surface area (Å²) >= 11 is 0. The van der Waals surface area contributed by atoms with Gasteiger partial charge in [-0.3, -0.25) is 4.68 Å². The lowest BCUT2D eigenvalue weighted by Crippen LogP contribution is -2.18. The van der Waals surface area contributed by atoms with Crippen LogP contribution in [0.1, 0.15) is 19.0 Å². The molecule has 0 radical (unpaired) electrons. The fourth-order valence-corrected chi connectivity index (χ4v) is 1.13. The van der Waals surface area contributed by atoms with Gasteiger partial charge in [-0.1, -0.05) is 5.21 Å². The number of hydrogen-bond acceptors (Lipinski definition) is 4. The lowest BCUT2D eigenvalue weighted by Gasteiger charge is -2.04. The van der Waals surface area contributed by atoms with Crippen LogP contribution in [-0.4, -0.2) is 34.8 Å². The second-order valence-electron chi connectivity index (χ2n) is 3.08. The van der Waals surface area contributed by atoms with Crippen LogP contribution >= 0.6 is 0 Å². The molecule has 80 valence electrons. The first-order valence-electron chi connectivity index (χ1n) is 4.96. The van der Waals surface area contributed by atoms with Gasteiger partial charge < -0.3 is 10.1 Å². The van der Waals surface area contributed by atoms with Crippen molar-refractivity contribution < 1.29 is 4.74 Å². The van der Waals surface area contributed by atoms with Crippen molar-refractivity contribution in [1.29, 1.82) is 0 Å². The predicted octanol–water partition coefficient (Wildman–Crippen LogP) is 0.331. The van der Waals surface area contributed by atoms with E-state index in [0.29, 0.717) is 0 Å². The quantitative estimate of drug-likeness (QED) is 0.642. The third kappa shape index (κ3) is 3.85. The molecule has 0 aliphatic heterocycles. The number of nitrogens with one attached hydrogen (secondary N) is 1. The highest BCUT2D eigenvalue weighted by atomic mass is 16.5. The van der Waals surface area contributed by atoms with Crippen LogP contribution in [0, 0.1) is 0 Å². The van der Waals surface area contributed by atoms with Crippen LogP contribution in [0.5, 0.6) is 0 Å². The van der Waals surface area contributed by atoms with Gasteiger partial charge >= 0.3 is 0 Å². The zero-order valence-corrected chi connectivity index (χ0v) is 8.86. The number of ether oxygens (including phenoxy) is 1. The van der Waals surface area contributed by atoms with Gasteiger partial charge in [0.15, 0.2) is 0 Å². The lowest BCUT2D eigenvalue weighted by atomic mass is 10.4. The SMILES string of the molecule is CCOCCCNCc1cnnn1C. The van der Waals surface area contributed by atoms with Gasteiger partial charge in [0.05, 0.1) is 11.9 Å². The number of aromatic nitrogens is 3. The van der Waals surface area contributed by atoms with E-state index in [2.05, 4.69) is 15.6 Å². The minimum Gasteiger partial charge on any atom is -0.382 e. The summed E-state index contributed by atoms with van der Waals surface area (Å²) in [5.41, 5.74) is 1.10. The molecule has 0 aliphatic carbocycles. The summed E-state index contributed by atoms with van der Waals surface area (Å²) in [6, 6.07) is 0. The van der Waals surface area contributed by atoms with Crippen LogP contribution in [0.15, 0.2) is 6.20 Å². The third-order valence-corrected chi connectivity index (χ3v) is 1.96. The fourth-order valence-electron chi connectivity index (χ4n) is 1.13. The minimum atomic E-state index is 0.797. The molecule has 0 saturated heterocycles. The number of hydrogen-bond donors (Lipinski definition) is 1. The maximum atomic E-state index is 5.22. The first-order chi connectivity index (χ1) is 6.84. The van der Waals surface area contributed by atoms with Gasteiger partial charge in [0.1, 0.15) is 0 Å². The molecule has 1 N–H and O–H groups in total. The van der Waals surface area contributed by atoms with Crippen molar-refractivity contribution in [2.24, 2.45) is 7.05 Å². The monoisotopic (exact) mass is 198 g/mol. The summed E-state index contributed by atoms with van der Waals surface area (Å²) in [6.07, 6.45) is 2.81. The molecule has 0 aromatic carbocycles. The molecule has 0 spiro atoms. The topological polar surface area (TPSA) is 52.0 Å². The molecule has 0 aliphatic rings. The van der Waals surface area contributed by atoms with E-state index in [1.54, 1.807) is 10.9 Å². The van der Waals surface area contributed by atoms with Gasteiger partial charge in [0, 0.05) is 26.8 Å². The number of aryl methyl sites for hydroxylation is 1. The summed E-state index contributed by atoms with van der Waals surface area (Å²) < 4.78 is 7.00. The Hall–Kier alpha value is -0.940. The average Bonchev–Trinajstić information content (AvgIpc) is 2.58. The molecule has 0 saturated carbocycles. The molecule has 1 aromatic heterocycles. The fraction of sp³-hybridized carbons (Fsp3) is 0.778. The van der Waals surface area contributed by atoms with Gasteiger partial charge in [0.2, 0.25) is 0 Å².